The van der Waals surface area contributed by atoms with Crippen LogP contribution in [-0.2, 0) is 16.6 Å². The molecule has 1 saturated carbocycles. The second kappa shape index (κ2) is 13.5. The molecule has 1 aliphatic heterocycles. The van der Waals surface area contributed by atoms with E-state index in [1.807, 2.05) is 0 Å². The van der Waals surface area contributed by atoms with Gasteiger partial charge in [-0.1, -0.05) is 26.8 Å². The molecule has 2 aliphatic rings. The highest BCUT2D eigenvalue weighted by molar-refractivity contribution is 5.82. The van der Waals surface area contributed by atoms with Crippen LogP contribution < -0.4 is 11.1 Å². The number of aromatic amines is 1. The molecule has 1 saturated heterocycles. The molecule has 6 N–H and O–H groups in total. The van der Waals surface area contributed by atoms with Gasteiger partial charge >= 0.3 is 0 Å². The van der Waals surface area contributed by atoms with E-state index < -0.39 is 24.5 Å². The van der Waals surface area contributed by atoms with Crippen molar-refractivity contribution in [2.24, 2.45) is 11.7 Å². The number of imidazole rings is 2. The number of nitrogens with one attached hydrogen (secondary N) is 2. The van der Waals surface area contributed by atoms with E-state index in [-0.39, 0.29) is 11.5 Å². The fourth-order valence-electron chi connectivity index (χ4n) is 6.94. The first-order valence-corrected chi connectivity index (χ1v) is 16.9. The minimum Gasteiger partial charge on any atom is -0.387 e. The summed E-state index contributed by atoms with van der Waals surface area (Å²) < 4.78 is 8.06. The van der Waals surface area contributed by atoms with Crippen LogP contribution in [0.1, 0.15) is 84.3 Å². The molecular formula is C34H51N9O3. The average molecular weight is 634 g/mol. The van der Waals surface area contributed by atoms with E-state index in [1.165, 1.54) is 11.9 Å². The van der Waals surface area contributed by atoms with E-state index in [4.69, 9.17) is 15.5 Å². The second-order valence-electron chi connectivity index (χ2n) is 14.5. The summed E-state index contributed by atoms with van der Waals surface area (Å²) in [5.41, 5.74) is 10.3. The van der Waals surface area contributed by atoms with Crippen molar-refractivity contribution in [3.8, 4) is 0 Å². The SMILES string of the molecule is CC(C)N(C[C@H]1O[C@@H](n2cnc3c(NCCCCN)ncnc32)[C@@H](O)C1O)C1CC(CCc2nc3ccc(C(C)(C)C)cc3[nH]2)C1. The number of nitrogens with zero attached hydrogens (tertiary/aromatic N) is 6. The van der Waals surface area contributed by atoms with Gasteiger partial charge in [0.05, 0.1) is 17.4 Å². The van der Waals surface area contributed by atoms with Crippen LogP contribution in [0.25, 0.3) is 22.2 Å². The van der Waals surface area contributed by atoms with Gasteiger partial charge in [0, 0.05) is 31.6 Å². The van der Waals surface area contributed by atoms with Crippen molar-refractivity contribution in [3.05, 3.63) is 42.2 Å². The number of unbranched alkanes of at least 4 members (excludes halogenated alkanes) is 1. The zero-order chi connectivity index (χ0) is 32.6. The molecular weight excluding hydrogens is 582 g/mol. The largest absolute Gasteiger partial charge is 0.387 e. The Morgan fingerprint density at radius 2 is 1.93 bits per heavy atom. The highest BCUT2D eigenvalue weighted by Gasteiger charge is 2.46. The molecule has 0 amide bonds. The Bertz CT molecular complexity index is 1610. The topological polar surface area (TPSA) is 163 Å². The molecule has 4 atom stereocenters. The Morgan fingerprint density at radius 1 is 1.13 bits per heavy atom. The lowest BCUT2D eigenvalue weighted by Crippen LogP contribution is -2.52. The number of aliphatic hydroxyl groups is 2. The summed E-state index contributed by atoms with van der Waals surface area (Å²) >= 11 is 0. The van der Waals surface area contributed by atoms with Crippen LogP contribution in [0.3, 0.4) is 0 Å². The fraction of sp³-hybridized carbons (Fsp3) is 0.647. The van der Waals surface area contributed by atoms with Gasteiger partial charge in [-0.25, -0.2) is 19.9 Å². The number of anilines is 1. The molecule has 0 radical (unpaired) electrons. The summed E-state index contributed by atoms with van der Waals surface area (Å²) in [5.74, 6) is 2.32. The summed E-state index contributed by atoms with van der Waals surface area (Å²) in [6.07, 6.45) is 5.70. The quantitative estimate of drug-likeness (QED) is 0.137. The van der Waals surface area contributed by atoms with Crippen molar-refractivity contribution < 1.29 is 14.9 Å². The molecule has 3 aromatic heterocycles. The summed E-state index contributed by atoms with van der Waals surface area (Å²) in [6, 6.07) is 7.23. The van der Waals surface area contributed by atoms with Gasteiger partial charge in [0.2, 0.25) is 0 Å². The maximum Gasteiger partial charge on any atom is 0.167 e. The van der Waals surface area contributed by atoms with Crippen LogP contribution in [0.2, 0.25) is 0 Å². The first kappa shape index (κ1) is 32.8. The lowest BCUT2D eigenvalue weighted by atomic mass is 9.76. The van der Waals surface area contributed by atoms with E-state index in [9.17, 15) is 10.2 Å². The molecule has 2 fully saturated rings. The molecule has 1 aliphatic carbocycles. The number of hydrogen-bond acceptors (Lipinski definition) is 10. The van der Waals surface area contributed by atoms with Crippen molar-refractivity contribution in [3.63, 3.8) is 0 Å². The second-order valence-corrected chi connectivity index (χ2v) is 14.5. The predicted molar refractivity (Wildman–Crippen MR) is 179 cm³/mol. The number of hydrogen-bond donors (Lipinski definition) is 5. The molecule has 46 heavy (non-hydrogen) atoms. The van der Waals surface area contributed by atoms with Crippen molar-refractivity contribution in [2.75, 3.05) is 25.0 Å². The summed E-state index contributed by atoms with van der Waals surface area (Å²) in [7, 11) is 0. The van der Waals surface area contributed by atoms with Gasteiger partial charge < -0.3 is 31.0 Å². The van der Waals surface area contributed by atoms with Gasteiger partial charge in [-0.05, 0) is 81.5 Å². The van der Waals surface area contributed by atoms with Gasteiger partial charge in [0.15, 0.2) is 23.2 Å². The van der Waals surface area contributed by atoms with Crippen molar-refractivity contribution in [1.29, 1.82) is 0 Å². The molecule has 4 heterocycles. The normalized spacial score (nSPS) is 25.3. The Kier molecular flexibility index (Phi) is 9.63. The summed E-state index contributed by atoms with van der Waals surface area (Å²) in [4.78, 5) is 24.1. The average Bonchev–Trinajstić information content (AvgIpc) is 3.69. The Labute approximate surface area is 271 Å². The third kappa shape index (κ3) is 6.77. The van der Waals surface area contributed by atoms with E-state index in [0.29, 0.717) is 42.0 Å². The van der Waals surface area contributed by atoms with E-state index >= 15 is 0 Å². The van der Waals surface area contributed by atoms with Gasteiger partial charge in [-0.15, -0.1) is 0 Å². The third-order valence-electron chi connectivity index (χ3n) is 9.81. The minimum absolute atomic E-state index is 0.107. The monoisotopic (exact) mass is 633 g/mol. The van der Waals surface area contributed by atoms with Gasteiger partial charge in [0.1, 0.15) is 30.5 Å². The van der Waals surface area contributed by atoms with Crippen LogP contribution >= 0.6 is 0 Å². The Balaban J connectivity index is 1.05. The van der Waals surface area contributed by atoms with Crippen LogP contribution in [0.15, 0.2) is 30.9 Å². The molecule has 12 nitrogen and oxygen atoms in total. The highest BCUT2D eigenvalue weighted by atomic mass is 16.6. The Hall–Kier alpha value is -3.16. The number of aromatic nitrogens is 6. The number of aryl methyl sites for hydroxylation is 1. The van der Waals surface area contributed by atoms with Crippen LogP contribution in [-0.4, -0.2) is 94.6 Å². The number of benzene rings is 1. The lowest BCUT2D eigenvalue weighted by Gasteiger charge is -2.46. The lowest BCUT2D eigenvalue weighted by molar-refractivity contribution is -0.0620. The number of aliphatic hydroxyl groups excluding tert-OH is 2. The van der Waals surface area contributed by atoms with Crippen LogP contribution in [0.4, 0.5) is 5.82 Å². The highest BCUT2D eigenvalue weighted by Crippen LogP contribution is 2.38. The third-order valence-corrected chi connectivity index (χ3v) is 9.81. The van der Waals surface area contributed by atoms with Crippen molar-refractivity contribution in [1.82, 2.24) is 34.4 Å². The van der Waals surface area contributed by atoms with Gasteiger partial charge in [-0.3, -0.25) is 9.47 Å². The smallest absolute Gasteiger partial charge is 0.167 e. The predicted octanol–water partition coefficient (Wildman–Crippen LogP) is 3.89. The zero-order valence-corrected chi connectivity index (χ0v) is 27.9. The minimum atomic E-state index is -1.11. The summed E-state index contributed by atoms with van der Waals surface area (Å²) in [5, 5.41) is 25.5. The van der Waals surface area contributed by atoms with Gasteiger partial charge in [-0.2, -0.15) is 0 Å². The first-order chi connectivity index (χ1) is 22.0. The van der Waals surface area contributed by atoms with Crippen molar-refractivity contribution >= 4 is 28.0 Å². The van der Waals surface area contributed by atoms with E-state index in [1.54, 1.807) is 10.9 Å². The van der Waals surface area contributed by atoms with E-state index in [2.05, 4.69) is 83.0 Å². The Morgan fingerprint density at radius 3 is 2.67 bits per heavy atom. The molecule has 4 aromatic rings. The summed E-state index contributed by atoms with van der Waals surface area (Å²) in [6.45, 7) is 13.0. The number of fused-ring (bicyclic) bond motifs is 2. The molecule has 0 bridgehead atoms. The van der Waals surface area contributed by atoms with Gasteiger partial charge in [0.25, 0.3) is 0 Å². The fourth-order valence-corrected chi connectivity index (χ4v) is 6.94. The number of ether oxygens (including phenoxy) is 1. The number of rotatable bonds is 13. The molecule has 1 aromatic carbocycles. The maximum absolute atomic E-state index is 11.1. The maximum atomic E-state index is 11.1. The molecule has 250 valence electrons. The molecule has 0 spiro atoms. The molecule has 12 heteroatoms. The first-order valence-electron chi connectivity index (χ1n) is 16.9. The molecule has 6 rings (SSSR count). The van der Waals surface area contributed by atoms with Crippen LogP contribution in [0, 0.1) is 5.92 Å². The standard InChI is InChI=1S/C34H51N9O3/c1-20(2)42(23-14-21(15-23)8-11-27-40-24-10-9-22(34(3,4)5)16-25(24)41-27)17-26-29(44)30(45)33(46-26)43-19-39-28-31(36-13-7-6-12-35)37-18-38-32(28)43/h9-10,16,18-21,23,26,29-30,33,44-45H,6-8,11-15,17,35H2,1-5H3,(H,40,41)(H,36,37,38)/t21?,23?,26-,29?,30+,33-/m1/s1. The molecule has 1 unspecified atom stereocenters. The zero-order valence-electron chi connectivity index (χ0n) is 27.9. The van der Waals surface area contributed by atoms with Crippen LogP contribution in [0.5, 0.6) is 0 Å². The number of nitrogens with two attached hydrogens (primary N) is 1. The van der Waals surface area contributed by atoms with Crippen molar-refractivity contribution in [2.45, 2.75) is 115 Å². The van der Waals surface area contributed by atoms with E-state index in [0.717, 1.165) is 61.9 Å². The number of H-pyrrole nitrogens is 1.